The molecule has 0 saturated heterocycles. The Hall–Kier alpha value is -1.09. The van der Waals surface area contributed by atoms with Crippen LogP contribution in [0.25, 0.3) is 0 Å². The standard InChI is InChI=1S/C8H6O7S.Na.H/c9-7(10)5-3-1-2-4-6(5)16(13,14)15-8(11)12;;/h1-4H,(H,9,10)(H,11,12);;. The first-order valence-electron chi connectivity index (χ1n) is 3.84. The second-order valence-corrected chi connectivity index (χ2v) is 4.12. The zero-order valence-electron chi connectivity index (χ0n) is 7.65. The topological polar surface area (TPSA) is 118 Å². The van der Waals surface area contributed by atoms with Gasteiger partial charge in [0.2, 0.25) is 0 Å². The number of carboxylic acid groups (broad SMARTS) is 2. The molecule has 0 spiro atoms. The SMILES string of the molecule is O=C(O)OS(=O)(=O)c1ccccc1C(=O)O.[NaH]. The van der Waals surface area contributed by atoms with Crippen LogP contribution in [0.5, 0.6) is 0 Å². The summed E-state index contributed by atoms with van der Waals surface area (Å²) in [5.74, 6) is -1.49. The molecule has 0 fully saturated rings. The average molecular weight is 270 g/mol. The van der Waals surface area contributed by atoms with E-state index in [0.717, 1.165) is 12.1 Å². The first kappa shape index (κ1) is 15.9. The third kappa shape index (κ3) is 4.00. The summed E-state index contributed by atoms with van der Waals surface area (Å²) in [4.78, 5) is 20.1. The van der Waals surface area contributed by atoms with Gasteiger partial charge in [-0.05, 0) is 12.1 Å². The fourth-order valence-corrected chi connectivity index (χ4v) is 1.95. The van der Waals surface area contributed by atoms with Crippen molar-refractivity contribution in [3.05, 3.63) is 29.8 Å². The fourth-order valence-electron chi connectivity index (χ4n) is 1.00. The summed E-state index contributed by atoms with van der Waals surface area (Å²) >= 11 is 0. The second kappa shape index (κ2) is 6.01. The van der Waals surface area contributed by atoms with Gasteiger partial charge in [-0.1, -0.05) is 12.1 Å². The number of rotatable bonds is 3. The van der Waals surface area contributed by atoms with Crippen molar-refractivity contribution in [3.63, 3.8) is 0 Å². The Labute approximate surface area is 118 Å². The molecule has 9 heteroatoms. The molecule has 0 atom stereocenters. The molecule has 7 nitrogen and oxygen atoms in total. The van der Waals surface area contributed by atoms with Gasteiger partial charge in [-0.3, -0.25) is 0 Å². The molecular formula is C8H7NaO7S. The Morgan fingerprint density at radius 3 is 2.12 bits per heavy atom. The fraction of sp³-hybridized carbons (Fsp3) is 0. The van der Waals surface area contributed by atoms with Crippen LogP contribution in [0, 0.1) is 0 Å². The van der Waals surface area contributed by atoms with Gasteiger partial charge in [-0.15, -0.1) is 0 Å². The van der Waals surface area contributed by atoms with Gasteiger partial charge in [0.05, 0.1) is 5.56 Å². The molecular weight excluding hydrogens is 263 g/mol. The molecule has 1 aromatic rings. The number of hydrogen-bond donors (Lipinski definition) is 2. The second-order valence-electron chi connectivity index (χ2n) is 2.60. The van der Waals surface area contributed by atoms with Crippen molar-refractivity contribution in [2.24, 2.45) is 0 Å². The van der Waals surface area contributed by atoms with Crippen molar-refractivity contribution < 1.29 is 32.4 Å². The Morgan fingerprint density at radius 1 is 1.12 bits per heavy atom. The van der Waals surface area contributed by atoms with E-state index in [1.54, 1.807) is 0 Å². The normalized spacial score (nSPS) is 10.1. The summed E-state index contributed by atoms with van der Waals surface area (Å²) in [5.41, 5.74) is -0.552. The molecule has 2 N–H and O–H groups in total. The Kier molecular flexibility index (Phi) is 5.62. The van der Waals surface area contributed by atoms with Gasteiger partial charge in [0.25, 0.3) is 0 Å². The first-order chi connectivity index (χ1) is 7.34. The Bertz CT molecular complexity index is 537. The van der Waals surface area contributed by atoms with Crippen LogP contribution in [0.3, 0.4) is 0 Å². The Morgan fingerprint density at radius 2 is 1.65 bits per heavy atom. The molecule has 0 radical (unpaired) electrons. The first-order valence-corrected chi connectivity index (χ1v) is 5.25. The van der Waals surface area contributed by atoms with Gasteiger partial charge < -0.3 is 14.4 Å². The van der Waals surface area contributed by atoms with Crippen LogP contribution in [0.2, 0.25) is 0 Å². The zero-order chi connectivity index (χ0) is 12.3. The van der Waals surface area contributed by atoms with E-state index < -0.39 is 32.7 Å². The summed E-state index contributed by atoms with van der Waals surface area (Å²) in [7, 11) is -4.62. The number of carbonyl (C=O) groups is 2. The summed E-state index contributed by atoms with van der Waals surface area (Å²) in [6, 6.07) is 4.54. The van der Waals surface area contributed by atoms with Crippen LogP contribution in [0.1, 0.15) is 10.4 Å². The minimum atomic E-state index is -4.62. The van der Waals surface area contributed by atoms with Crippen LogP contribution in [-0.4, -0.2) is 60.3 Å². The van der Waals surface area contributed by atoms with Crippen molar-refractivity contribution in [3.8, 4) is 0 Å². The number of hydrogen-bond acceptors (Lipinski definition) is 5. The molecule has 17 heavy (non-hydrogen) atoms. The van der Waals surface area contributed by atoms with Gasteiger partial charge in [-0.2, -0.15) is 8.42 Å². The van der Waals surface area contributed by atoms with Crippen LogP contribution in [0.15, 0.2) is 29.2 Å². The molecule has 1 rings (SSSR count). The van der Waals surface area contributed by atoms with E-state index in [2.05, 4.69) is 4.18 Å². The molecule has 0 unspecified atom stereocenters. The summed E-state index contributed by atoms with van der Waals surface area (Å²) < 4.78 is 26.2. The van der Waals surface area contributed by atoms with Crippen molar-refractivity contribution >= 4 is 51.8 Å². The van der Waals surface area contributed by atoms with Crippen LogP contribution in [-0.2, 0) is 14.3 Å². The molecule has 0 aliphatic heterocycles. The van der Waals surface area contributed by atoms with Crippen LogP contribution < -0.4 is 0 Å². The van der Waals surface area contributed by atoms with Gasteiger partial charge in [0.1, 0.15) is 4.90 Å². The van der Waals surface area contributed by atoms with Crippen molar-refractivity contribution in [1.29, 1.82) is 0 Å². The number of carboxylic acids is 1. The quantitative estimate of drug-likeness (QED) is 0.591. The third-order valence-corrected chi connectivity index (χ3v) is 2.82. The summed E-state index contributed by atoms with van der Waals surface area (Å²) in [6.07, 6.45) is -2.03. The predicted octanol–water partition coefficient (Wildman–Crippen LogP) is 0.120. The van der Waals surface area contributed by atoms with Crippen molar-refractivity contribution in [2.45, 2.75) is 4.90 Å². The summed E-state index contributed by atoms with van der Waals surface area (Å²) in [5, 5.41) is 16.9. The van der Waals surface area contributed by atoms with Crippen LogP contribution in [0.4, 0.5) is 4.79 Å². The molecule has 88 valence electrons. The van der Waals surface area contributed by atoms with Crippen molar-refractivity contribution in [1.82, 2.24) is 0 Å². The molecule has 0 saturated carbocycles. The zero-order valence-corrected chi connectivity index (χ0v) is 8.47. The molecule has 1 aromatic carbocycles. The molecule has 0 aliphatic rings. The molecule has 0 heterocycles. The number of benzene rings is 1. The van der Waals surface area contributed by atoms with Gasteiger partial charge in [0, 0.05) is 0 Å². The third-order valence-electron chi connectivity index (χ3n) is 1.57. The van der Waals surface area contributed by atoms with E-state index in [1.807, 2.05) is 0 Å². The van der Waals surface area contributed by atoms with Gasteiger partial charge in [0.15, 0.2) is 0 Å². The monoisotopic (exact) mass is 270 g/mol. The average Bonchev–Trinajstić information content (AvgIpc) is 2.15. The van der Waals surface area contributed by atoms with Gasteiger partial charge >= 0.3 is 51.8 Å². The van der Waals surface area contributed by atoms with Crippen molar-refractivity contribution in [2.75, 3.05) is 0 Å². The van der Waals surface area contributed by atoms with E-state index in [0.29, 0.717) is 0 Å². The Balaban J connectivity index is 0.00000256. The summed E-state index contributed by atoms with van der Waals surface area (Å²) in [6.45, 7) is 0. The van der Waals surface area contributed by atoms with E-state index >= 15 is 0 Å². The maximum absolute atomic E-state index is 11.3. The predicted molar refractivity (Wildman–Crippen MR) is 56.8 cm³/mol. The van der Waals surface area contributed by atoms with E-state index in [4.69, 9.17) is 10.2 Å². The number of aromatic carboxylic acids is 1. The van der Waals surface area contributed by atoms with E-state index in [1.165, 1.54) is 12.1 Å². The van der Waals surface area contributed by atoms with E-state index in [9.17, 15) is 18.0 Å². The maximum atomic E-state index is 11.3. The molecule has 0 aliphatic carbocycles. The van der Waals surface area contributed by atoms with E-state index in [-0.39, 0.29) is 29.6 Å². The minimum absolute atomic E-state index is 0. The molecule has 0 aromatic heterocycles. The van der Waals surface area contributed by atoms with Crippen LogP contribution >= 0.6 is 0 Å². The molecule has 0 amide bonds. The van der Waals surface area contributed by atoms with Gasteiger partial charge in [-0.25, -0.2) is 9.59 Å². The molecule has 0 bridgehead atoms.